The fourth-order valence-corrected chi connectivity index (χ4v) is 2.19. The molecule has 1 saturated heterocycles. The quantitative estimate of drug-likeness (QED) is 0.849. The fourth-order valence-electron chi connectivity index (χ4n) is 2.19. The van der Waals surface area contributed by atoms with Crippen LogP contribution in [0.3, 0.4) is 0 Å². The number of nitrogens with two attached hydrogens (primary N) is 1. The number of anilines is 1. The molecule has 0 saturated carbocycles. The number of nitrogens with zero attached hydrogens (tertiary/aromatic N) is 2. The van der Waals surface area contributed by atoms with Crippen LogP contribution >= 0.6 is 0 Å². The Morgan fingerprint density at radius 3 is 2.89 bits per heavy atom. The van der Waals surface area contributed by atoms with Crippen molar-refractivity contribution in [1.82, 2.24) is 4.98 Å². The third kappa shape index (κ3) is 2.31. The molecule has 1 aliphatic rings. The van der Waals surface area contributed by atoms with E-state index in [1.807, 2.05) is 13.8 Å². The lowest BCUT2D eigenvalue weighted by Crippen LogP contribution is -2.44. The van der Waals surface area contributed by atoms with Crippen LogP contribution in [0.4, 0.5) is 5.82 Å². The van der Waals surface area contributed by atoms with Crippen molar-refractivity contribution in [3.63, 3.8) is 0 Å². The Labute approximate surface area is 107 Å². The summed E-state index contributed by atoms with van der Waals surface area (Å²) in [7, 11) is 0. The minimum Gasteiger partial charge on any atom is -0.377 e. The van der Waals surface area contributed by atoms with Crippen LogP contribution in [0.2, 0.25) is 0 Å². The maximum absolute atomic E-state index is 11.4. The predicted octanol–water partition coefficient (Wildman–Crippen LogP) is 1.02. The van der Waals surface area contributed by atoms with Gasteiger partial charge in [0.15, 0.2) is 0 Å². The van der Waals surface area contributed by atoms with Gasteiger partial charge in [-0.15, -0.1) is 0 Å². The molecule has 1 aliphatic heterocycles. The lowest BCUT2D eigenvalue weighted by atomic mass is 10.1. The SMILES string of the molecule is Cc1nc(N2CCOCC2C)cc(C(N)=O)c1C. The summed E-state index contributed by atoms with van der Waals surface area (Å²) in [5.41, 5.74) is 7.66. The Morgan fingerprint density at radius 2 is 2.28 bits per heavy atom. The summed E-state index contributed by atoms with van der Waals surface area (Å²) in [6.45, 7) is 8.01. The molecule has 1 fully saturated rings. The molecule has 0 aromatic carbocycles. The van der Waals surface area contributed by atoms with Gasteiger partial charge in [0.2, 0.25) is 5.91 Å². The zero-order valence-electron chi connectivity index (χ0n) is 11.1. The number of aryl methyl sites for hydroxylation is 1. The first-order valence-electron chi connectivity index (χ1n) is 6.13. The number of carbonyl (C=O) groups is 1. The van der Waals surface area contributed by atoms with Gasteiger partial charge in [-0.1, -0.05) is 0 Å². The molecule has 5 heteroatoms. The van der Waals surface area contributed by atoms with Crippen molar-refractivity contribution in [2.45, 2.75) is 26.8 Å². The maximum atomic E-state index is 11.4. The van der Waals surface area contributed by atoms with Gasteiger partial charge in [-0.2, -0.15) is 0 Å². The Kier molecular flexibility index (Phi) is 3.52. The number of rotatable bonds is 2. The highest BCUT2D eigenvalue weighted by atomic mass is 16.5. The molecule has 1 amide bonds. The van der Waals surface area contributed by atoms with Crippen molar-refractivity contribution in [3.05, 3.63) is 22.9 Å². The van der Waals surface area contributed by atoms with Crippen molar-refractivity contribution >= 4 is 11.7 Å². The number of hydrogen-bond donors (Lipinski definition) is 1. The molecule has 2 rings (SSSR count). The van der Waals surface area contributed by atoms with E-state index in [-0.39, 0.29) is 6.04 Å². The fraction of sp³-hybridized carbons (Fsp3) is 0.538. The van der Waals surface area contributed by atoms with Crippen LogP contribution in [0.25, 0.3) is 0 Å². The largest absolute Gasteiger partial charge is 0.377 e. The van der Waals surface area contributed by atoms with E-state index in [9.17, 15) is 4.79 Å². The summed E-state index contributed by atoms with van der Waals surface area (Å²) in [5.74, 6) is 0.405. The molecule has 1 aromatic rings. The number of primary amides is 1. The molecule has 1 aromatic heterocycles. The summed E-state index contributed by atoms with van der Waals surface area (Å²) in [4.78, 5) is 18.1. The molecule has 0 spiro atoms. The normalized spacial score (nSPS) is 19.9. The highest BCUT2D eigenvalue weighted by Crippen LogP contribution is 2.22. The summed E-state index contributed by atoms with van der Waals surface area (Å²) in [5, 5.41) is 0. The molecule has 5 nitrogen and oxygen atoms in total. The van der Waals surface area contributed by atoms with Gasteiger partial charge in [0, 0.05) is 17.8 Å². The average molecular weight is 249 g/mol. The highest BCUT2D eigenvalue weighted by molar-refractivity contribution is 5.95. The standard InChI is InChI=1S/C13H19N3O2/c1-8-7-18-5-4-16(8)12-6-11(13(14)17)9(2)10(3)15-12/h6,8H,4-5,7H2,1-3H3,(H2,14,17). The number of ether oxygens (including phenoxy) is 1. The minimum atomic E-state index is -0.403. The van der Waals surface area contributed by atoms with E-state index >= 15 is 0 Å². The molecule has 1 unspecified atom stereocenters. The highest BCUT2D eigenvalue weighted by Gasteiger charge is 2.22. The zero-order valence-corrected chi connectivity index (χ0v) is 11.1. The Morgan fingerprint density at radius 1 is 1.56 bits per heavy atom. The van der Waals surface area contributed by atoms with Gasteiger partial charge in [-0.25, -0.2) is 4.98 Å². The second kappa shape index (κ2) is 4.94. The second-order valence-electron chi connectivity index (χ2n) is 4.72. The van der Waals surface area contributed by atoms with Crippen LogP contribution in [0, 0.1) is 13.8 Å². The Balaban J connectivity index is 2.41. The first-order valence-corrected chi connectivity index (χ1v) is 6.13. The van der Waals surface area contributed by atoms with E-state index in [1.54, 1.807) is 6.07 Å². The molecule has 0 radical (unpaired) electrons. The number of carbonyl (C=O) groups excluding carboxylic acids is 1. The summed E-state index contributed by atoms with van der Waals surface area (Å²) in [6, 6.07) is 2.04. The lowest BCUT2D eigenvalue weighted by Gasteiger charge is -2.34. The number of pyridine rings is 1. The smallest absolute Gasteiger partial charge is 0.249 e. The number of aromatic nitrogens is 1. The molecule has 1 atom stereocenters. The van der Waals surface area contributed by atoms with E-state index in [2.05, 4.69) is 16.8 Å². The van der Waals surface area contributed by atoms with Gasteiger partial charge in [0.25, 0.3) is 0 Å². The van der Waals surface area contributed by atoms with Gasteiger partial charge < -0.3 is 15.4 Å². The van der Waals surface area contributed by atoms with Crippen LogP contribution in [0.5, 0.6) is 0 Å². The lowest BCUT2D eigenvalue weighted by molar-refractivity contribution is 0.0983. The van der Waals surface area contributed by atoms with Gasteiger partial charge in [-0.3, -0.25) is 4.79 Å². The van der Waals surface area contributed by atoms with E-state index in [4.69, 9.17) is 10.5 Å². The summed E-state index contributed by atoms with van der Waals surface area (Å²) < 4.78 is 5.40. The maximum Gasteiger partial charge on any atom is 0.249 e. The van der Waals surface area contributed by atoms with Crippen molar-refractivity contribution < 1.29 is 9.53 Å². The van der Waals surface area contributed by atoms with Crippen LogP contribution in [-0.4, -0.2) is 36.7 Å². The Hall–Kier alpha value is -1.62. The van der Waals surface area contributed by atoms with Crippen LogP contribution < -0.4 is 10.6 Å². The van der Waals surface area contributed by atoms with Crippen molar-refractivity contribution in [2.24, 2.45) is 5.73 Å². The minimum absolute atomic E-state index is 0.258. The second-order valence-corrected chi connectivity index (χ2v) is 4.72. The zero-order chi connectivity index (χ0) is 13.3. The molecule has 0 aliphatic carbocycles. The number of amides is 1. The molecule has 18 heavy (non-hydrogen) atoms. The number of morpholine rings is 1. The third-order valence-electron chi connectivity index (χ3n) is 3.43. The van der Waals surface area contributed by atoms with E-state index in [1.165, 1.54) is 0 Å². The first kappa shape index (κ1) is 12.8. The van der Waals surface area contributed by atoms with Crippen molar-refractivity contribution in [1.29, 1.82) is 0 Å². The van der Waals surface area contributed by atoms with Gasteiger partial charge in [-0.05, 0) is 32.4 Å². The molecule has 98 valence electrons. The van der Waals surface area contributed by atoms with Crippen LogP contribution in [0.1, 0.15) is 28.5 Å². The van der Waals surface area contributed by atoms with Gasteiger partial charge in [0.1, 0.15) is 5.82 Å². The molecular formula is C13H19N3O2. The van der Waals surface area contributed by atoms with Gasteiger partial charge >= 0.3 is 0 Å². The van der Waals surface area contributed by atoms with E-state index in [0.717, 1.165) is 23.6 Å². The molecule has 2 N–H and O–H groups in total. The summed E-state index contributed by atoms with van der Waals surface area (Å²) >= 11 is 0. The molecular weight excluding hydrogens is 230 g/mol. The van der Waals surface area contributed by atoms with Crippen LogP contribution in [-0.2, 0) is 4.74 Å². The summed E-state index contributed by atoms with van der Waals surface area (Å²) in [6.07, 6.45) is 0. The number of hydrogen-bond acceptors (Lipinski definition) is 4. The first-order chi connectivity index (χ1) is 8.50. The molecule has 2 heterocycles. The van der Waals surface area contributed by atoms with E-state index in [0.29, 0.717) is 18.8 Å². The average Bonchev–Trinajstić information content (AvgIpc) is 2.33. The van der Waals surface area contributed by atoms with Crippen molar-refractivity contribution in [2.75, 3.05) is 24.7 Å². The van der Waals surface area contributed by atoms with Crippen LogP contribution in [0.15, 0.2) is 6.07 Å². The topological polar surface area (TPSA) is 68.5 Å². The Bertz CT molecular complexity index is 474. The van der Waals surface area contributed by atoms with Crippen molar-refractivity contribution in [3.8, 4) is 0 Å². The van der Waals surface area contributed by atoms with E-state index < -0.39 is 5.91 Å². The third-order valence-corrected chi connectivity index (χ3v) is 3.43. The molecule has 0 bridgehead atoms. The predicted molar refractivity (Wildman–Crippen MR) is 69.9 cm³/mol. The monoisotopic (exact) mass is 249 g/mol. The van der Waals surface area contributed by atoms with Gasteiger partial charge in [0.05, 0.1) is 19.3 Å².